The molecule has 2 aromatic carbocycles. The van der Waals surface area contributed by atoms with Crippen LogP contribution in [0.3, 0.4) is 0 Å². The molecule has 3 aromatic heterocycles. The molecule has 0 spiro atoms. The summed E-state index contributed by atoms with van der Waals surface area (Å²) in [6.07, 6.45) is 3.43. The van der Waals surface area contributed by atoms with Gasteiger partial charge in [0.25, 0.3) is 5.69 Å². The Morgan fingerprint density at radius 2 is 2.06 bits per heavy atom. The van der Waals surface area contributed by atoms with Crippen molar-refractivity contribution in [3.05, 3.63) is 82.1 Å². The highest BCUT2D eigenvalue weighted by Gasteiger charge is 2.23. The quantitative estimate of drug-likeness (QED) is 0.234. The normalized spacial score (nSPS) is 12.1. The van der Waals surface area contributed by atoms with Crippen molar-refractivity contribution < 1.29 is 14.8 Å². The number of thiophene rings is 1. The van der Waals surface area contributed by atoms with Gasteiger partial charge >= 0.3 is 5.97 Å². The fourth-order valence-corrected chi connectivity index (χ4v) is 4.79. The molecule has 0 amide bonds. The number of fused-ring (bicyclic) bond motifs is 2. The minimum absolute atomic E-state index is 0.0269. The smallest absolute Gasteiger partial charge is 0.326 e. The molecular formula is C23H17N5O4S. The van der Waals surface area contributed by atoms with Crippen molar-refractivity contribution >= 4 is 49.9 Å². The van der Waals surface area contributed by atoms with Crippen LogP contribution in [0.15, 0.2) is 66.4 Å². The summed E-state index contributed by atoms with van der Waals surface area (Å²) < 4.78 is 0. The number of rotatable bonds is 7. The number of nitro groups is 1. The molecule has 3 N–H and O–H groups in total. The van der Waals surface area contributed by atoms with E-state index in [4.69, 9.17) is 0 Å². The molecule has 1 unspecified atom stereocenters. The summed E-state index contributed by atoms with van der Waals surface area (Å²) in [6, 6.07) is 13.1. The van der Waals surface area contributed by atoms with E-state index in [2.05, 4.69) is 20.3 Å². The van der Waals surface area contributed by atoms with Gasteiger partial charge < -0.3 is 15.4 Å². The molecule has 0 radical (unpaired) electrons. The number of nitrogens with zero attached hydrogens (tertiary/aromatic N) is 3. The standard InChI is InChI=1S/C23H17N5O4S/c29-23(30)19(9-14-10-24-18-7-2-1-6-16(14)18)27-21-20-17(11-33-22(20)26-12-25-21)13-4-3-5-15(8-13)28(31)32/h1-8,10-12,19,24H,9H2,(H,29,30)(H,25,26,27). The van der Waals surface area contributed by atoms with Crippen LogP contribution >= 0.6 is 11.3 Å². The first kappa shape index (κ1) is 20.6. The Labute approximate surface area is 190 Å². The number of H-pyrrole nitrogens is 1. The van der Waals surface area contributed by atoms with Crippen molar-refractivity contribution in [3.63, 3.8) is 0 Å². The molecular weight excluding hydrogens is 442 g/mol. The molecule has 0 fully saturated rings. The van der Waals surface area contributed by atoms with Crippen molar-refractivity contribution in [2.45, 2.75) is 12.5 Å². The number of hydrogen-bond acceptors (Lipinski definition) is 7. The molecule has 5 rings (SSSR count). The van der Waals surface area contributed by atoms with Crippen LogP contribution in [-0.4, -0.2) is 37.0 Å². The molecule has 9 nitrogen and oxygen atoms in total. The topological polar surface area (TPSA) is 134 Å². The Morgan fingerprint density at radius 3 is 2.88 bits per heavy atom. The summed E-state index contributed by atoms with van der Waals surface area (Å²) in [6.45, 7) is 0. The molecule has 0 aliphatic rings. The number of carboxylic acid groups (broad SMARTS) is 1. The van der Waals surface area contributed by atoms with Gasteiger partial charge in [-0.2, -0.15) is 0 Å². The number of nitro benzene ring substituents is 1. The average Bonchev–Trinajstić information content (AvgIpc) is 3.44. The number of anilines is 1. The largest absolute Gasteiger partial charge is 0.480 e. The minimum atomic E-state index is -1.01. The first-order valence-corrected chi connectivity index (χ1v) is 10.9. The van der Waals surface area contributed by atoms with E-state index in [0.29, 0.717) is 27.2 Å². The van der Waals surface area contributed by atoms with E-state index in [1.807, 2.05) is 35.8 Å². The third-order valence-corrected chi connectivity index (χ3v) is 6.33. The molecule has 1 atom stereocenters. The highest BCUT2D eigenvalue weighted by molar-refractivity contribution is 7.17. The summed E-state index contributed by atoms with van der Waals surface area (Å²) in [5.41, 5.74) is 3.13. The van der Waals surface area contributed by atoms with E-state index < -0.39 is 16.9 Å². The molecule has 164 valence electrons. The molecule has 0 bridgehead atoms. The number of aromatic amines is 1. The second-order valence-electron chi connectivity index (χ2n) is 7.46. The SMILES string of the molecule is O=C(O)C(Cc1c[nH]c2ccccc12)Nc1ncnc2scc(-c3cccc([N+](=O)[O-])c3)c12. The number of non-ortho nitro benzene ring substituents is 1. The van der Waals surface area contributed by atoms with Crippen LogP contribution in [0.25, 0.3) is 32.2 Å². The monoisotopic (exact) mass is 459 g/mol. The zero-order chi connectivity index (χ0) is 22.9. The van der Waals surface area contributed by atoms with E-state index in [1.54, 1.807) is 12.1 Å². The minimum Gasteiger partial charge on any atom is -0.480 e. The van der Waals surface area contributed by atoms with Gasteiger partial charge in [0, 0.05) is 46.6 Å². The van der Waals surface area contributed by atoms with Gasteiger partial charge in [0.05, 0.1) is 10.3 Å². The van der Waals surface area contributed by atoms with Crippen LogP contribution < -0.4 is 5.32 Å². The van der Waals surface area contributed by atoms with E-state index in [9.17, 15) is 20.0 Å². The third-order valence-electron chi connectivity index (χ3n) is 5.45. The Bertz CT molecular complexity index is 1510. The van der Waals surface area contributed by atoms with Gasteiger partial charge in [-0.05, 0) is 17.2 Å². The van der Waals surface area contributed by atoms with E-state index in [1.165, 1.54) is 29.8 Å². The summed E-state index contributed by atoms with van der Waals surface area (Å²) in [7, 11) is 0. The van der Waals surface area contributed by atoms with Crippen LogP contribution in [0.1, 0.15) is 5.56 Å². The highest BCUT2D eigenvalue weighted by atomic mass is 32.1. The van der Waals surface area contributed by atoms with Gasteiger partial charge in [-0.15, -0.1) is 11.3 Å². The van der Waals surface area contributed by atoms with Gasteiger partial charge in [-0.25, -0.2) is 14.8 Å². The third kappa shape index (κ3) is 3.87. The van der Waals surface area contributed by atoms with Gasteiger partial charge in [0.1, 0.15) is 23.0 Å². The lowest BCUT2D eigenvalue weighted by atomic mass is 10.0. The molecule has 33 heavy (non-hydrogen) atoms. The molecule has 0 aliphatic heterocycles. The summed E-state index contributed by atoms with van der Waals surface area (Å²) >= 11 is 1.37. The fraction of sp³-hybridized carbons (Fsp3) is 0.0870. The predicted octanol–water partition coefficient (Wildman–Crippen LogP) is 4.86. The lowest BCUT2D eigenvalue weighted by molar-refractivity contribution is -0.384. The second-order valence-corrected chi connectivity index (χ2v) is 8.32. The van der Waals surface area contributed by atoms with Gasteiger partial charge in [-0.3, -0.25) is 10.1 Å². The lowest BCUT2D eigenvalue weighted by Gasteiger charge is -2.16. The van der Waals surface area contributed by atoms with Crippen LogP contribution in [0, 0.1) is 10.1 Å². The first-order valence-electron chi connectivity index (χ1n) is 10.0. The van der Waals surface area contributed by atoms with E-state index >= 15 is 0 Å². The first-order chi connectivity index (χ1) is 16.0. The van der Waals surface area contributed by atoms with Crippen molar-refractivity contribution in [3.8, 4) is 11.1 Å². The molecule has 0 saturated carbocycles. The molecule has 5 aromatic rings. The lowest BCUT2D eigenvalue weighted by Crippen LogP contribution is -2.32. The molecule has 0 saturated heterocycles. The maximum absolute atomic E-state index is 12.1. The van der Waals surface area contributed by atoms with E-state index in [-0.39, 0.29) is 12.1 Å². The number of aliphatic carboxylic acids is 1. The highest BCUT2D eigenvalue weighted by Crippen LogP contribution is 2.37. The summed E-state index contributed by atoms with van der Waals surface area (Å²) in [5.74, 6) is -0.644. The Morgan fingerprint density at radius 1 is 1.21 bits per heavy atom. The molecule has 3 heterocycles. The maximum atomic E-state index is 12.1. The van der Waals surface area contributed by atoms with Gasteiger partial charge in [0.2, 0.25) is 0 Å². The second kappa shape index (κ2) is 8.32. The number of nitrogens with one attached hydrogen (secondary N) is 2. The Hall–Kier alpha value is -4.31. The number of benzene rings is 2. The summed E-state index contributed by atoms with van der Waals surface area (Å²) in [4.78, 5) is 35.3. The fourth-order valence-electron chi connectivity index (χ4n) is 3.87. The number of aromatic nitrogens is 3. The van der Waals surface area contributed by atoms with Gasteiger partial charge in [-0.1, -0.05) is 30.3 Å². The molecule has 10 heteroatoms. The Balaban J connectivity index is 1.54. The predicted molar refractivity (Wildman–Crippen MR) is 127 cm³/mol. The zero-order valence-electron chi connectivity index (χ0n) is 17.1. The summed E-state index contributed by atoms with van der Waals surface area (Å²) in [5, 5.41) is 27.7. The molecule has 0 aliphatic carbocycles. The maximum Gasteiger partial charge on any atom is 0.326 e. The van der Waals surface area contributed by atoms with Crippen molar-refractivity contribution in [1.29, 1.82) is 0 Å². The number of carboxylic acids is 1. The van der Waals surface area contributed by atoms with Crippen LogP contribution in [0.2, 0.25) is 0 Å². The van der Waals surface area contributed by atoms with Crippen LogP contribution in [-0.2, 0) is 11.2 Å². The van der Waals surface area contributed by atoms with Crippen LogP contribution in [0.5, 0.6) is 0 Å². The van der Waals surface area contributed by atoms with Crippen molar-refractivity contribution in [2.24, 2.45) is 0 Å². The van der Waals surface area contributed by atoms with Crippen molar-refractivity contribution in [1.82, 2.24) is 15.0 Å². The van der Waals surface area contributed by atoms with Gasteiger partial charge in [0.15, 0.2) is 0 Å². The average molecular weight is 459 g/mol. The van der Waals surface area contributed by atoms with Crippen molar-refractivity contribution in [2.75, 3.05) is 5.32 Å². The Kier molecular flexibility index (Phi) is 5.19. The number of para-hydroxylation sites is 1. The van der Waals surface area contributed by atoms with E-state index in [0.717, 1.165) is 16.5 Å². The number of hydrogen-bond donors (Lipinski definition) is 3. The van der Waals surface area contributed by atoms with Crippen LogP contribution in [0.4, 0.5) is 11.5 Å². The zero-order valence-corrected chi connectivity index (χ0v) is 17.9. The number of carbonyl (C=O) groups is 1.